The van der Waals surface area contributed by atoms with Gasteiger partial charge in [0.05, 0.1) is 48.4 Å². The Morgan fingerprint density at radius 1 is 0.943 bits per heavy atom. The second-order valence-electron chi connectivity index (χ2n) is 13.4. The number of pyridine rings is 3. The molecule has 1 aliphatic carbocycles. The average Bonchev–Trinajstić information content (AvgIpc) is 3.78. The van der Waals surface area contributed by atoms with Crippen LogP contribution in [0, 0.1) is 0 Å². The fourth-order valence-electron chi connectivity index (χ4n) is 7.27. The van der Waals surface area contributed by atoms with E-state index < -0.39 is 17.8 Å². The lowest BCUT2D eigenvalue weighted by Gasteiger charge is -2.23. The fraction of sp³-hybridized carbons (Fsp3) is 0.421. The van der Waals surface area contributed by atoms with Gasteiger partial charge in [0.2, 0.25) is 17.7 Å². The van der Waals surface area contributed by atoms with Gasteiger partial charge in [-0.25, -0.2) is 4.98 Å². The highest BCUT2D eigenvalue weighted by Crippen LogP contribution is 2.43. The minimum absolute atomic E-state index is 0.0393. The number of fused-ring (bicyclic) bond motifs is 1. The van der Waals surface area contributed by atoms with Crippen molar-refractivity contribution in [3.8, 4) is 34.3 Å². The third-order valence-electron chi connectivity index (χ3n) is 10.00. The number of nitrogens with one attached hydrogen (secondary N) is 4. The molecule has 15 heteroatoms. The van der Waals surface area contributed by atoms with Gasteiger partial charge in [-0.15, -0.1) is 0 Å². The zero-order chi connectivity index (χ0) is 37.1. The van der Waals surface area contributed by atoms with E-state index >= 15 is 0 Å². The molecule has 0 bridgehead atoms. The number of nitrogens with zero attached hydrogens (tertiary/aromatic N) is 3. The molecule has 53 heavy (non-hydrogen) atoms. The van der Waals surface area contributed by atoms with Gasteiger partial charge in [-0.05, 0) is 67.5 Å². The third kappa shape index (κ3) is 8.20. The zero-order valence-electron chi connectivity index (χ0n) is 29.4. The molecule has 2 saturated heterocycles. The highest BCUT2D eigenvalue weighted by molar-refractivity contribution is 6.33. The number of hydrogen-bond donors (Lipinski definition) is 4. The second kappa shape index (κ2) is 15.8. The quantitative estimate of drug-likeness (QED) is 0.126. The number of anilines is 1. The van der Waals surface area contributed by atoms with E-state index in [0.29, 0.717) is 60.6 Å². The largest absolute Gasteiger partial charge is 0.481 e. The number of carbonyl (C=O) groups is 1. The molecule has 3 aromatic heterocycles. The number of amides is 1. The summed E-state index contributed by atoms with van der Waals surface area (Å²) in [5.74, 6) is 0.134. The maximum absolute atomic E-state index is 14.5. The van der Waals surface area contributed by atoms with Crippen LogP contribution in [0.4, 0.5) is 19.0 Å². The molecule has 4 aromatic rings. The van der Waals surface area contributed by atoms with Crippen molar-refractivity contribution in [2.45, 2.75) is 76.0 Å². The molecule has 2 aliphatic heterocycles. The minimum Gasteiger partial charge on any atom is -0.481 e. The summed E-state index contributed by atoms with van der Waals surface area (Å²) >= 11 is 6.82. The molecule has 2 atom stereocenters. The minimum atomic E-state index is -4.68. The zero-order valence-corrected chi connectivity index (χ0v) is 30.2. The highest BCUT2D eigenvalue weighted by atomic mass is 35.5. The summed E-state index contributed by atoms with van der Waals surface area (Å²) in [5, 5.41) is 13.0. The van der Waals surface area contributed by atoms with E-state index in [1.54, 1.807) is 13.3 Å². The molecule has 1 aromatic carbocycles. The molecule has 0 saturated carbocycles. The standard InChI is InChI=1S/C38H41ClF3N7O4/c1-51-36-23(19-44-24-11-14-53-15-12-24)17-29(39)34(48-36)21-10-13-43-31(18-21)27-5-3-4-26-25(27)6-7-30(26)46-35-28(38(40,41)42)16-22(37(49-35)52-2)20-45-32-8-9-33(50)47-32/h3-5,10,13,16-18,24,30,32,44-45H,6-9,11-12,14-15,19-20H2,1-2H3,(H,46,49)(H,47,50)/t30-,32-/m1/s1. The van der Waals surface area contributed by atoms with Crippen molar-refractivity contribution < 1.29 is 32.2 Å². The van der Waals surface area contributed by atoms with Gasteiger partial charge in [0, 0.05) is 67.2 Å². The van der Waals surface area contributed by atoms with Crippen LogP contribution in [0.25, 0.3) is 22.5 Å². The Balaban J connectivity index is 1.13. The van der Waals surface area contributed by atoms with Crippen molar-refractivity contribution in [3.05, 3.63) is 81.5 Å². The van der Waals surface area contributed by atoms with Crippen molar-refractivity contribution in [2.24, 2.45) is 0 Å². The summed E-state index contributed by atoms with van der Waals surface area (Å²) in [5.41, 5.74) is 4.92. The van der Waals surface area contributed by atoms with E-state index in [-0.39, 0.29) is 35.9 Å². The normalized spacial score (nSPS) is 18.9. The number of carbonyl (C=O) groups excluding carboxylic acids is 1. The molecule has 1 amide bonds. The van der Waals surface area contributed by atoms with Gasteiger partial charge in [-0.3, -0.25) is 15.1 Å². The predicted molar refractivity (Wildman–Crippen MR) is 194 cm³/mol. The second-order valence-corrected chi connectivity index (χ2v) is 13.8. The van der Waals surface area contributed by atoms with Crippen molar-refractivity contribution in [1.29, 1.82) is 0 Å². The molecular weight excluding hydrogens is 711 g/mol. The Morgan fingerprint density at radius 2 is 1.70 bits per heavy atom. The van der Waals surface area contributed by atoms with Gasteiger partial charge in [-0.1, -0.05) is 29.8 Å². The molecule has 7 rings (SSSR count). The Labute approximate surface area is 310 Å². The number of ether oxygens (including phenoxy) is 3. The van der Waals surface area contributed by atoms with Gasteiger partial charge in [0.15, 0.2) is 0 Å². The number of halogens is 4. The summed E-state index contributed by atoms with van der Waals surface area (Å²) in [7, 11) is 2.96. The summed E-state index contributed by atoms with van der Waals surface area (Å²) in [6.45, 7) is 2.07. The molecule has 0 radical (unpaired) electrons. The molecule has 0 unspecified atom stereocenters. The fourth-order valence-corrected chi connectivity index (χ4v) is 7.56. The van der Waals surface area contributed by atoms with Crippen LogP contribution in [-0.4, -0.2) is 60.5 Å². The summed E-state index contributed by atoms with van der Waals surface area (Å²) in [6.07, 6.45) is 0.644. The molecule has 11 nitrogen and oxygen atoms in total. The first kappa shape index (κ1) is 36.8. The number of methoxy groups -OCH3 is 2. The summed E-state index contributed by atoms with van der Waals surface area (Å²) < 4.78 is 60.0. The molecule has 280 valence electrons. The van der Waals surface area contributed by atoms with Crippen molar-refractivity contribution in [3.63, 3.8) is 0 Å². The molecule has 2 fully saturated rings. The van der Waals surface area contributed by atoms with Gasteiger partial charge in [0.25, 0.3) is 0 Å². The van der Waals surface area contributed by atoms with Crippen LogP contribution >= 0.6 is 11.6 Å². The predicted octanol–water partition coefficient (Wildman–Crippen LogP) is 6.59. The van der Waals surface area contributed by atoms with Crippen LogP contribution in [0.2, 0.25) is 5.02 Å². The molecule has 0 spiro atoms. The lowest BCUT2D eigenvalue weighted by molar-refractivity contribution is -0.137. The van der Waals surface area contributed by atoms with Gasteiger partial charge in [0.1, 0.15) is 5.82 Å². The van der Waals surface area contributed by atoms with Gasteiger partial charge in [-0.2, -0.15) is 18.2 Å². The molecular formula is C38H41ClF3N7O4. The van der Waals surface area contributed by atoms with Crippen LogP contribution in [0.3, 0.4) is 0 Å². The molecule has 4 N–H and O–H groups in total. The Morgan fingerprint density at radius 3 is 2.43 bits per heavy atom. The van der Waals surface area contributed by atoms with Gasteiger partial charge < -0.3 is 30.2 Å². The van der Waals surface area contributed by atoms with Crippen LogP contribution < -0.4 is 30.7 Å². The first-order valence-electron chi connectivity index (χ1n) is 17.7. The SMILES string of the molecule is COc1nc(N[C@@H]2CCc3c(-c4cc(-c5nc(OC)c(CNC6CCOCC6)cc5Cl)ccn4)cccc32)c(C(F)(F)F)cc1CN[C@H]1CCC(=O)N1. The number of aromatic nitrogens is 3. The lowest BCUT2D eigenvalue weighted by atomic mass is 9.98. The number of hydrogen-bond acceptors (Lipinski definition) is 10. The van der Waals surface area contributed by atoms with E-state index in [1.807, 2.05) is 36.4 Å². The van der Waals surface area contributed by atoms with E-state index in [4.69, 9.17) is 30.8 Å². The maximum atomic E-state index is 14.5. The maximum Gasteiger partial charge on any atom is 0.419 e. The highest BCUT2D eigenvalue weighted by Gasteiger charge is 2.37. The van der Waals surface area contributed by atoms with E-state index in [0.717, 1.165) is 59.9 Å². The monoisotopic (exact) mass is 751 g/mol. The first-order valence-corrected chi connectivity index (χ1v) is 18.1. The average molecular weight is 752 g/mol. The molecule has 5 heterocycles. The van der Waals surface area contributed by atoms with E-state index in [9.17, 15) is 18.0 Å². The Hall–Kier alpha value is -4.50. The van der Waals surface area contributed by atoms with Crippen LogP contribution in [-0.2, 0) is 35.2 Å². The number of alkyl halides is 3. The summed E-state index contributed by atoms with van der Waals surface area (Å²) in [6, 6.07) is 12.4. The van der Waals surface area contributed by atoms with Gasteiger partial charge >= 0.3 is 6.18 Å². The number of benzene rings is 1. The van der Waals surface area contributed by atoms with Crippen molar-refractivity contribution in [2.75, 3.05) is 32.8 Å². The van der Waals surface area contributed by atoms with Crippen LogP contribution in [0.15, 0.2) is 48.7 Å². The van der Waals surface area contributed by atoms with Crippen molar-refractivity contribution in [1.82, 2.24) is 30.9 Å². The van der Waals surface area contributed by atoms with Crippen LogP contribution in [0.1, 0.15) is 66.0 Å². The van der Waals surface area contributed by atoms with Crippen LogP contribution in [0.5, 0.6) is 11.8 Å². The number of rotatable bonds is 12. The van der Waals surface area contributed by atoms with E-state index in [2.05, 4.69) is 31.2 Å². The lowest BCUT2D eigenvalue weighted by Crippen LogP contribution is -2.38. The Bertz CT molecular complexity index is 1980. The third-order valence-corrected chi connectivity index (χ3v) is 10.3. The molecule has 3 aliphatic rings. The van der Waals surface area contributed by atoms with Crippen molar-refractivity contribution >= 4 is 23.3 Å². The Kier molecular flexibility index (Phi) is 11.0. The smallest absolute Gasteiger partial charge is 0.419 e. The van der Waals surface area contributed by atoms with E-state index in [1.165, 1.54) is 7.11 Å². The first-order chi connectivity index (χ1) is 25.6. The summed E-state index contributed by atoms with van der Waals surface area (Å²) in [4.78, 5) is 25.4. The topological polar surface area (TPSA) is 132 Å².